The maximum atomic E-state index is 13.1. The first-order chi connectivity index (χ1) is 16.4. The largest absolute Gasteiger partial charge is 0.490 e. The molecule has 0 bridgehead atoms. The van der Waals surface area contributed by atoms with Crippen molar-refractivity contribution in [2.24, 2.45) is 5.10 Å². The molecule has 0 fully saturated rings. The Morgan fingerprint density at radius 2 is 1.68 bits per heavy atom. The first kappa shape index (κ1) is 24.4. The number of ether oxygens (including phenoxy) is 2. The van der Waals surface area contributed by atoms with Gasteiger partial charge in [0.15, 0.2) is 11.5 Å². The maximum absolute atomic E-state index is 13.1. The normalized spacial score (nSPS) is 10.7. The smallest absolute Gasteiger partial charge is 0.329 e. The van der Waals surface area contributed by atoms with Gasteiger partial charge in [0.1, 0.15) is 12.4 Å². The number of anilines is 1. The molecule has 0 atom stereocenters. The van der Waals surface area contributed by atoms with Gasteiger partial charge in [-0.25, -0.2) is 9.82 Å². The van der Waals surface area contributed by atoms with Crippen molar-refractivity contribution in [1.82, 2.24) is 5.43 Å². The van der Waals surface area contributed by atoms with E-state index in [2.05, 4.69) is 15.8 Å². The van der Waals surface area contributed by atoms with Crippen LogP contribution in [0.25, 0.3) is 0 Å². The van der Waals surface area contributed by atoms with Crippen molar-refractivity contribution in [3.8, 4) is 11.5 Å². The second-order valence-electron chi connectivity index (χ2n) is 7.51. The van der Waals surface area contributed by atoms with E-state index in [-0.39, 0.29) is 12.4 Å². The van der Waals surface area contributed by atoms with Crippen LogP contribution in [-0.4, -0.2) is 24.6 Å². The monoisotopic (exact) mass is 463 g/mol. The molecule has 0 heterocycles. The van der Waals surface area contributed by atoms with Crippen LogP contribution in [0, 0.1) is 19.7 Å². The molecule has 8 heteroatoms. The molecule has 0 saturated carbocycles. The van der Waals surface area contributed by atoms with Gasteiger partial charge in [-0.15, -0.1) is 0 Å². The lowest BCUT2D eigenvalue weighted by atomic mass is 10.1. The average Bonchev–Trinajstić information content (AvgIpc) is 2.82. The lowest BCUT2D eigenvalue weighted by molar-refractivity contribution is -0.136. The Balaban J connectivity index is 1.59. The van der Waals surface area contributed by atoms with Crippen LogP contribution in [0.1, 0.15) is 29.2 Å². The van der Waals surface area contributed by atoms with E-state index in [0.717, 1.165) is 16.7 Å². The fraction of sp³-hybridized carbons (Fsp3) is 0.192. The van der Waals surface area contributed by atoms with Crippen molar-refractivity contribution in [2.45, 2.75) is 27.4 Å². The maximum Gasteiger partial charge on any atom is 0.329 e. The van der Waals surface area contributed by atoms with Crippen molar-refractivity contribution in [3.63, 3.8) is 0 Å². The zero-order valence-electron chi connectivity index (χ0n) is 19.2. The van der Waals surface area contributed by atoms with Gasteiger partial charge in [0.25, 0.3) is 0 Å². The van der Waals surface area contributed by atoms with Crippen LogP contribution >= 0.6 is 0 Å². The number of nitrogens with zero attached hydrogens (tertiary/aromatic N) is 1. The van der Waals surface area contributed by atoms with Crippen LogP contribution in [0.5, 0.6) is 11.5 Å². The van der Waals surface area contributed by atoms with Gasteiger partial charge in [0.05, 0.1) is 12.8 Å². The topological polar surface area (TPSA) is 89.0 Å². The van der Waals surface area contributed by atoms with Crippen LogP contribution < -0.4 is 20.2 Å². The first-order valence-corrected chi connectivity index (χ1v) is 10.7. The number of hydrogen-bond acceptors (Lipinski definition) is 5. The molecule has 3 aromatic rings. The second-order valence-corrected chi connectivity index (χ2v) is 7.51. The summed E-state index contributed by atoms with van der Waals surface area (Å²) in [6.45, 7) is 6.40. The fourth-order valence-electron chi connectivity index (χ4n) is 2.96. The number of halogens is 1. The summed E-state index contributed by atoms with van der Waals surface area (Å²) in [5.74, 6) is -1.01. The molecule has 0 radical (unpaired) electrons. The van der Waals surface area contributed by atoms with Crippen LogP contribution in [0.15, 0.2) is 65.8 Å². The van der Waals surface area contributed by atoms with Crippen molar-refractivity contribution in [2.75, 3.05) is 11.9 Å². The molecule has 2 N–H and O–H groups in total. The van der Waals surface area contributed by atoms with Crippen LogP contribution in [-0.2, 0) is 16.2 Å². The van der Waals surface area contributed by atoms with Gasteiger partial charge in [-0.3, -0.25) is 9.59 Å². The van der Waals surface area contributed by atoms with Gasteiger partial charge in [0.2, 0.25) is 0 Å². The first-order valence-electron chi connectivity index (χ1n) is 10.7. The molecule has 0 saturated heterocycles. The third-order valence-corrected chi connectivity index (χ3v) is 4.93. The Labute approximate surface area is 197 Å². The number of benzene rings is 3. The number of hydrogen-bond donors (Lipinski definition) is 2. The summed E-state index contributed by atoms with van der Waals surface area (Å²) in [7, 11) is 0. The highest BCUT2D eigenvalue weighted by Crippen LogP contribution is 2.29. The molecular weight excluding hydrogens is 437 g/mol. The minimum atomic E-state index is -0.890. The SMILES string of the molecule is CCOc1cc(/C=N/NC(=O)C(=O)Nc2ccc(C)c(C)c2)ccc1OCc1ccc(F)cc1. The molecule has 0 spiro atoms. The lowest BCUT2D eigenvalue weighted by Gasteiger charge is -2.12. The van der Waals surface area contributed by atoms with E-state index in [9.17, 15) is 14.0 Å². The van der Waals surface area contributed by atoms with Crippen LogP contribution in [0.4, 0.5) is 10.1 Å². The summed E-state index contributed by atoms with van der Waals surface area (Å²) in [5.41, 5.74) is 6.28. The molecule has 34 heavy (non-hydrogen) atoms. The summed E-state index contributed by atoms with van der Waals surface area (Å²) in [5, 5.41) is 6.39. The van der Waals surface area contributed by atoms with Gasteiger partial charge in [-0.1, -0.05) is 18.2 Å². The van der Waals surface area contributed by atoms with E-state index < -0.39 is 11.8 Å². The van der Waals surface area contributed by atoms with Gasteiger partial charge < -0.3 is 14.8 Å². The summed E-state index contributed by atoms with van der Waals surface area (Å²) in [6.07, 6.45) is 1.40. The second kappa shape index (κ2) is 11.6. The fourth-order valence-corrected chi connectivity index (χ4v) is 2.96. The number of rotatable bonds is 8. The molecule has 0 aliphatic carbocycles. The van der Waals surface area contributed by atoms with Gasteiger partial charge in [0, 0.05) is 5.69 Å². The Morgan fingerprint density at radius 3 is 2.38 bits per heavy atom. The Hall–Kier alpha value is -4.20. The Bertz CT molecular complexity index is 1190. The number of hydrazone groups is 1. The van der Waals surface area contributed by atoms with Gasteiger partial charge in [-0.2, -0.15) is 5.10 Å². The Morgan fingerprint density at radius 1 is 0.912 bits per heavy atom. The number of nitrogens with one attached hydrogen (secondary N) is 2. The molecule has 3 rings (SSSR count). The summed E-state index contributed by atoms with van der Waals surface area (Å²) in [6, 6.07) is 16.6. The van der Waals surface area contributed by atoms with E-state index in [1.165, 1.54) is 18.3 Å². The number of carbonyl (C=O) groups is 2. The van der Waals surface area contributed by atoms with Crippen LogP contribution in [0.2, 0.25) is 0 Å². The summed E-state index contributed by atoms with van der Waals surface area (Å²) in [4.78, 5) is 24.1. The lowest BCUT2D eigenvalue weighted by Crippen LogP contribution is -2.32. The molecule has 7 nitrogen and oxygen atoms in total. The minimum absolute atomic E-state index is 0.249. The average molecular weight is 464 g/mol. The third kappa shape index (κ3) is 6.90. The molecule has 0 aliphatic heterocycles. The van der Waals surface area contributed by atoms with E-state index in [0.29, 0.717) is 29.4 Å². The number of carbonyl (C=O) groups excluding carboxylic acids is 2. The molecule has 0 unspecified atom stereocenters. The highest BCUT2D eigenvalue weighted by atomic mass is 19.1. The molecule has 0 aliphatic rings. The van der Waals surface area contributed by atoms with Crippen molar-refractivity contribution >= 4 is 23.7 Å². The Kier molecular flexibility index (Phi) is 8.34. The molecule has 3 aromatic carbocycles. The summed E-state index contributed by atoms with van der Waals surface area (Å²) >= 11 is 0. The van der Waals surface area contributed by atoms with E-state index in [4.69, 9.17) is 9.47 Å². The minimum Gasteiger partial charge on any atom is -0.490 e. The zero-order valence-corrected chi connectivity index (χ0v) is 19.2. The molecule has 2 amide bonds. The van der Waals surface area contributed by atoms with E-state index in [1.807, 2.05) is 26.8 Å². The predicted molar refractivity (Wildman–Crippen MR) is 129 cm³/mol. The quantitative estimate of drug-likeness (QED) is 0.292. The van der Waals surface area contributed by atoms with Crippen LogP contribution in [0.3, 0.4) is 0 Å². The van der Waals surface area contributed by atoms with Gasteiger partial charge >= 0.3 is 11.8 Å². The predicted octanol–water partition coefficient (Wildman–Crippen LogP) is 4.51. The van der Waals surface area contributed by atoms with Crippen molar-refractivity contribution in [1.29, 1.82) is 0 Å². The zero-order chi connectivity index (χ0) is 24.5. The standard InChI is InChI=1S/C26H26FN3O4/c1-4-33-24-14-20(8-12-23(24)34-16-19-6-9-21(27)10-7-19)15-28-30-26(32)25(31)29-22-11-5-17(2)18(3)13-22/h5-15H,4,16H2,1-3H3,(H,29,31)(H,30,32)/b28-15+. The van der Waals surface area contributed by atoms with E-state index >= 15 is 0 Å². The van der Waals surface area contributed by atoms with Crippen molar-refractivity contribution in [3.05, 3.63) is 88.7 Å². The molecule has 176 valence electrons. The summed E-state index contributed by atoms with van der Waals surface area (Å²) < 4.78 is 24.5. The number of amides is 2. The molecule has 0 aromatic heterocycles. The van der Waals surface area contributed by atoms with Gasteiger partial charge in [-0.05, 0) is 85.5 Å². The third-order valence-electron chi connectivity index (χ3n) is 4.93. The highest BCUT2D eigenvalue weighted by molar-refractivity contribution is 6.39. The molecular formula is C26H26FN3O4. The van der Waals surface area contributed by atoms with E-state index in [1.54, 1.807) is 42.5 Å². The highest BCUT2D eigenvalue weighted by Gasteiger charge is 2.13. The van der Waals surface area contributed by atoms with Crippen molar-refractivity contribution < 1.29 is 23.5 Å². The number of aryl methyl sites for hydroxylation is 2.